The number of aliphatic hydroxyl groups is 1. The highest BCUT2D eigenvalue weighted by Gasteiger charge is 2.31. The van der Waals surface area contributed by atoms with E-state index in [2.05, 4.69) is 9.97 Å². The van der Waals surface area contributed by atoms with Gasteiger partial charge in [-0.15, -0.1) is 0 Å². The van der Waals surface area contributed by atoms with Gasteiger partial charge in [-0.1, -0.05) is 61.4 Å². The van der Waals surface area contributed by atoms with Crippen molar-refractivity contribution in [1.82, 2.24) is 19.2 Å². The third-order valence-corrected chi connectivity index (χ3v) is 9.46. The van der Waals surface area contributed by atoms with E-state index < -0.39 is 16.1 Å². The van der Waals surface area contributed by atoms with Crippen molar-refractivity contribution in [2.45, 2.75) is 43.1 Å². The van der Waals surface area contributed by atoms with Gasteiger partial charge in [0.25, 0.3) is 5.91 Å². The number of aliphatic hydroxyl groups excluding tert-OH is 1. The van der Waals surface area contributed by atoms with Crippen LogP contribution in [0.5, 0.6) is 0 Å². The van der Waals surface area contributed by atoms with Gasteiger partial charge in [0.1, 0.15) is 0 Å². The van der Waals surface area contributed by atoms with E-state index in [1.165, 1.54) is 10.6 Å². The molecule has 5 rings (SSSR count). The van der Waals surface area contributed by atoms with E-state index in [1.54, 1.807) is 35.2 Å². The Balaban J connectivity index is 1.36. The van der Waals surface area contributed by atoms with Crippen molar-refractivity contribution >= 4 is 27.0 Å². The van der Waals surface area contributed by atoms with Gasteiger partial charge in [-0.2, -0.15) is 4.31 Å². The SMILES string of the molecule is O=C(c1ccccc1)N(CCc1ccccc1)C[C@H](O)CN(CC1CCCC1)S(=O)(=O)c1ccc2nc[nH]c2c1. The quantitative estimate of drug-likeness (QED) is 0.266. The number of aromatic nitrogens is 2. The Bertz CT molecular complexity index is 1500. The monoisotopic (exact) mass is 560 g/mol. The first-order valence-corrected chi connectivity index (χ1v) is 15.3. The van der Waals surface area contributed by atoms with Crippen LogP contribution in [0.4, 0.5) is 0 Å². The van der Waals surface area contributed by atoms with Gasteiger partial charge < -0.3 is 15.0 Å². The Labute approximate surface area is 235 Å². The van der Waals surface area contributed by atoms with Crippen LogP contribution in [-0.4, -0.2) is 70.9 Å². The Kier molecular flexibility index (Phi) is 8.94. The average molecular weight is 561 g/mol. The van der Waals surface area contributed by atoms with E-state index in [4.69, 9.17) is 0 Å². The lowest BCUT2D eigenvalue weighted by Gasteiger charge is -2.30. The lowest BCUT2D eigenvalue weighted by Crippen LogP contribution is -2.46. The van der Waals surface area contributed by atoms with Crippen molar-refractivity contribution < 1.29 is 18.3 Å². The van der Waals surface area contributed by atoms with E-state index in [0.717, 1.165) is 31.2 Å². The molecule has 40 heavy (non-hydrogen) atoms. The summed E-state index contributed by atoms with van der Waals surface area (Å²) >= 11 is 0. The van der Waals surface area contributed by atoms with Gasteiger partial charge in [0.2, 0.25) is 10.0 Å². The molecule has 1 aliphatic rings. The van der Waals surface area contributed by atoms with Gasteiger partial charge in [-0.3, -0.25) is 4.79 Å². The number of sulfonamides is 1. The zero-order valence-corrected chi connectivity index (χ0v) is 23.3. The van der Waals surface area contributed by atoms with E-state index in [0.29, 0.717) is 36.1 Å². The van der Waals surface area contributed by atoms with Gasteiger partial charge in [-0.25, -0.2) is 13.4 Å². The molecule has 0 radical (unpaired) electrons. The molecule has 4 aromatic rings. The first-order valence-electron chi connectivity index (χ1n) is 13.9. The highest BCUT2D eigenvalue weighted by molar-refractivity contribution is 7.89. The first kappa shape index (κ1) is 28.0. The van der Waals surface area contributed by atoms with Gasteiger partial charge in [-0.05, 0) is 61.1 Å². The zero-order valence-electron chi connectivity index (χ0n) is 22.5. The number of rotatable bonds is 12. The minimum atomic E-state index is -3.89. The zero-order chi connectivity index (χ0) is 28.0. The van der Waals surface area contributed by atoms with Crippen LogP contribution >= 0.6 is 0 Å². The largest absolute Gasteiger partial charge is 0.390 e. The standard InChI is InChI=1S/C31H36N4O4S/c36-27(21-34(18-17-24-9-3-1-4-10-24)31(37)26-13-5-2-6-14-26)22-35(20-25-11-7-8-12-25)40(38,39)28-15-16-29-30(19-28)33-23-32-29/h1-6,9-10,13-16,19,23,25,27,36H,7-8,11-12,17-18,20-22H2,(H,32,33)/t27-/m0/s1. The summed E-state index contributed by atoms with van der Waals surface area (Å²) in [4.78, 5) is 22.4. The molecule has 0 saturated heterocycles. The van der Waals surface area contributed by atoms with Crippen LogP contribution in [-0.2, 0) is 16.4 Å². The molecule has 2 N–H and O–H groups in total. The van der Waals surface area contributed by atoms with Crippen LogP contribution in [0.3, 0.4) is 0 Å². The molecule has 0 aliphatic heterocycles. The second-order valence-electron chi connectivity index (χ2n) is 10.6. The fourth-order valence-corrected chi connectivity index (χ4v) is 7.05. The Morgan fingerprint density at radius 3 is 2.40 bits per heavy atom. The summed E-state index contributed by atoms with van der Waals surface area (Å²) in [7, 11) is -3.89. The number of nitrogens with zero attached hydrogens (tertiary/aromatic N) is 3. The predicted molar refractivity (Wildman–Crippen MR) is 155 cm³/mol. The molecular weight excluding hydrogens is 524 g/mol. The van der Waals surface area contributed by atoms with Crippen LogP contribution in [0.1, 0.15) is 41.6 Å². The lowest BCUT2D eigenvalue weighted by atomic mass is 10.1. The smallest absolute Gasteiger partial charge is 0.253 e. The summed E-state index contributed by atoms with van der Waals surface area (Å²) in [6.07, 6.45) is 5.21. The van der Waals surface area contributed by atoms with E-state index in [-0.39, 0.29) is 29.8 Å². The number of hydrogen-bond donors (Lipinski definition) is 2. The van der Waals surface area contributed by atoms with Gasteiger partial charge in [0.05, 0.1) is 28.4 Å². The normalized spacial score (nSPS) is 15.1. The Morgan fingerprint density at radius 1 is 0.975 bits per heavy atom. The topological polar surface area (TPSA) is 107 Å². The molecule has 1 amide bonds. The number of aromatic amines is 1. The minimum Gasteiger partial charge on any atom is -0.390 e. The Hall–Kier alpha value is -3.53. The van der Waals surface area contributed by atoms with Crippen molar-refractivity contribution in [2.24, 2.45) is 5.92 Å². The summed E-state index contributed by atoms with van der Waals surface area (Å²) in [5, 5.41) is 11.3. The van der Waals surface area contributed by atoms with E-state index in [9.17, 15) is 18.3 Å². The number of amides is 1. The molecule has 1 atom stereocenters. The number of carbonyl (C=O) groups is 1. The molecule has 1 fully saturated rings. The summed E-state index contributed by atoms with van der Waals surface area (Å²) in [6.45, 7) is 0.679. The van der Waals surface area contributed by atoms with Crippen LogP contribution in [0.25, 0.3) is 11.0 Å². The average Bonchev–Trinajstić information content (AvgIpc) is 3.67. The van der Waals surface area contributed by atoms with Crippen molar-refractivity contribution in [2.75, 3.05) is 26.2 Å². The van der Waals surface area contributed by atoms with Crippen LogP contribution in [0.2, 0.25) is 0 Å². The van der Waals surface area contributed by atoms with Crippen LogP contribution in [0, 0.1) is 5.92 Å². The molecule has 1 aliphatic carbocycles. The molecule has 8 nitrogen and oxygen atoms in total. The summed E-state index contributed by atoms with van der Waals surface area (Å²) < 4.78 is 29.2. The summed E-state index contributed by atoms with van der Waals surface area (Å²) in [5.41, 5.74) is 2.95. The molecule has 1 aromatic heterocycles. The number of imidazole rings is 1. The molecule has 0 bridgehead atoms. The molecule has 210 valence electrons. The Morgan fingerprint density at radius 2 is 1.68 bits per heavy atom. The minimum absolute atomic E-state index is 0.0246. The summed E-state index contributed by atoms with van der Waals surface area (Å²) in [6, 6.07) is 23.7. The second kappa shape index (κ2) is 12.8. The lowest BCUT2D eigenvalue weighted by molar-refractivity contribution is 0.0585. The molecule has 0 unspecified atom stereocenters. The number of carbonyl (C=O) groups excluding carboxylic acids is 1. The molecule has 9 heteroatoms. The van der Waals surface area contributed by atoms with Crippen LogP contribution < -0.4 is 0 Å². The highest BCUT2D eigenvalue weighted by Crippen LogP contribution is 2.28. The van der Waals surface area contributed by atoms with Crippen molar-refractivity contribution in [3.05, 3.63) is 96.3 Å². The molecule has 1 saturated carbocycles. The first-order chi connectivity index (χ1) is 19.4. The number of nitrogens with one attached hydrogen (secondary N) is 1. The van der Waals surface area contributed by atoms with Gasteiger partial charge in [0, 0.05) is 31.7 Å². The number of benzene rings is 3. The van der Waals surface area contributed by atoms with E-state index >= 15 is 0 Å². The van der Waals surface area contributed by atoms with Gasteiger partial charge >= 0.3 is 0 Å². The van der Waals surface area contributed by atoms with Crippen molar-refractivity contribution in [3.63, 3.8) is 0 Å². The molecular formula is C31H36N4O4S. The highest BCUT2D eigenvalue weighted by atomic mass is 32.2. The summed E-state index contributed by atoms with van der Waals surface area (Å²) in [5.74, 6) is 0.0588. The fraction of sp³-hybridized carbons (Fsp3) is 0.355. The molecule has 1 heterocycles. The third kappa shape index (κ3) is 6.78. The number of H-pyrrole nitrogens is 1. The molecule has 3 aromatic carbocycles. The third-order valence-electron chi connectivity index (χ3n) is 7.63. The van der Waals surface area contributed by atoms with Gasteiger partial charge in [0.15, 0.2) is 0 Å². The second-order valence-corrected chi connectivity index (χ2v) is 12.5. The maximum atomic E-state index is 13.9. The number of hydrogen-bond acceptors (Lipinski definition) is 5. The van der Waals surface area contributed by atoms with Crippen molar-refractivity contribution in [3.8, 4) is 0 Å². The molecule has 0 spiro atoms. The van der Waals surface area contributed by atoms with Crippen LogP contribution in [0.15, 0.2) is 90.1 Å². The van der Waals surface area contributed by atoms with Crippen molar-refractivity contribution in [1.29, 1.82) is 0 Å². The maximum absolute atomic E-state index is 13.9. The predicted octanol–water partition coefficient (Wildman–Crippen LogP) is 4.49. The fourth-order valence-electron chi connectivity index (χ4n) is 5.47. The maximum Gasteiger partial charge on any atom is 0.253 e. The number of fused-ring (bicyclic) bond motifs is 1. The van der Waals surface area contributed by atoms with E-state index in [1.807, 2.05) is 48.5 Å².